The number of carbonyl (C=O) groups excluding carboxylic acids is 1. The number of amides is 1. The molecule has 0 saturated carbocycles. The van der Waals surface area contributed by atoms with Gasteiger partial charge in [0.05, 0.1) is 19.8 Å². The van der Waals surface area contributed by atoms with E-state index in [1.54, 1.807) is 20.8 Å². The third-order valence-electron chi connectivity index (χ3n) is 2.60. The second-order valence-corrected chi connectivity index (χ2v) is 5.48. The number of carboxylic acid groups (broad SMARTS) is 1. The highest BCUT2D eigenvalue weighted by atomic mass is 16.6. The number of carboxylic acids is 1. The Morgan fingerprint density at radius 2 is 2.05 bits per heavy atom. The van der Waals surface area contributed by atoms with Crippen LogP contribution in [0.1, 0.15) is 20.8 Å². The Morgan fingerprint density at radius 1 is 1.42 bits per heavy atom. The summed E-state index contributed by atoms with van der Waals surface area (Å²) in [5, 5.41) is 9.27. The van der Waals surface area contributed by atoms with Gasteiger partial charge in [-0.2, -0.15) is 0 Å². The van der Waals surface area contributed by atoms with Gasteiger partial charge in [-0.15, -0.1) is 0 Å². The van der Waals surface area contributed by atoms with Crippen molar-refractivity contribution in [2.45, 2.75) is 32.0 Å². The summed E-state index contributed by atoms with van der Waals surface area (Å²) >= 11 is 0. The van der Waals surface area contributed by atoms with Crippen LogP contribution in [0.25, 0.3) is 0 Å². The molecule has 1 amide bonds. The highest BCUT2D eigenvalue weighted by Crippen LogP contribution is 2.21. The van der Waals surface area contributed by atoms with Crippen molar-refractivity contribution in [3.8, 4) is 0 Å². The topological polar surface area (TPSA) is 85.3 Å². The van der Waals surface area contributed by atoms with Crippen molar-refractivity contribution >= 4 is 12.1 Å². The summed E-state index contributed by atoms with van der Waals surface area (Å²) in [6.07, 6.45) is -0.544. The van der Waals surface area contributed by atoms with Crippen molar-refractivity contribution in [3.05, 3.63) is 0 Å². The average molecular weight is 275 g/mol. The van der Waals surface area contributed by atoms with Crippen molar-refractivity contribution in [1.82, 2.24) is 4.90 Å². The third-order valence-corrected chi connectivity index (χ3v) is 2.60. The Morgan fingerprint density at radius 3 is 2.53 bits per heavy atom. The molecule has 0 bridgehead atoms. The Labute approximate surface area is 112 Å². The minimum Gasteiger partial charge on any atom is -0.479 e. The van der Waals surface area contributed by atoms with E-state index in [4.69, 9.17) is 14.2 Å². The van der Waals surface area contributed by atoms with Gasteiger partial charge in [0.25, 0.3) is 0 Å². The summed E-state index contributed by atoms with van der Waals surface area (Å²) in [4.78, 5) is 24.6. The van der Waals surface area contributed by atoms with Crippen LogP contribution in [0.4, 0.5) is 4.79 Å². The van der Waals surface area contributed by atoms with Gasteiger partial charge in [-0.25, -0.2) is 9.59 Å². The van der Waals surface area contributed by atoms with Crippen LogP contribution in [0.3, 0.4) is 0 Å². The summed E-state index contributed by atoms with van der Waals surface area (Å²) in [5.74, 6) is -1.15. The van der Waals surface area contributed by atoms with Crippen molar-refractivity contribution in [2.24, 2.45) is 0 Å². The van der Waals surface area contributed by atoms with Crippen molar-refractivity contribution in [2.75, 3.05) is 33.4 Å². The first-order valence-electron chi connectivity index (χ1n) is 6.04. The first-order valence-corrected chi connectivity index (χ1v) is 6.04. The molecule has 0 aliphatic carbocycles. The zero-order valence-corrected chi connectivity index (χ0v) is 11.8. The van der Waals surface area contributed by atoms with Crippen molar-refractivity contribution < 1.29 is 28.9 Å². The highest BCUT2D eigenvalue weighted by molar-refractivity contribution is 5.79. The van der Waals surface area contributed by atoms with E-state index in [1.165, 1.54) is 12.0 Å². The predicted octanol–water partition coefficient (Wildman–Crippen LogP) is 0.723. The molecule has 1 atom stereocenters. The molecule has 7 nitrogen and oxygen atoms in total. The van der Waals surface area contributed by atoms with E-state index in [9.17, 15) is 14.7 Å². The molecule has 19 heavy (non-hydrogen) atoms. The molecule has 0 radical (unpaired) electrons. The predicted molar refractivity (Wildman–Crippen MR) is 66.0 cm³/mol. The van der Waals surface area contributed by atoms with E-state index in [2.05, 4.69) is 0 Å². The quantitative estimate of drug-likeness (QED) is 0.817. The molecule has 1 unspecified atom stereocenters. The lowest BCUT2D eigenvalue weighted by molar-refractivity contribution is -0.185. The molecular formula is C12H21NO6. The summed E-state index contributed by atoms with van der Waals surface area (Å²) < 4.78 is 15.4. The van der Waals surface area contributed by atoms with Crippen LogP contribution in [-0.4, -0.2) is 66.7 Å². The molecule has 1 saturated heterocycles. The smallest absolute Gasteiger partial charge is 0.410 e. The van der Waals surface area contributed by atoms with E-state index < -0.39 is 23.3 Å². The van der Waals surface area contributed by atoms with Crippen molar-refractivity contribution in [1.29, 1.82) is 0 Å². The molecule has 0 aromatic heterocycles. The van der Waals surface area contributed by atoms with Crippen LogP contribution in [0, 0.1) is 0 Å². The summed E-state index contributed by atoms with van der Waals surface area (Å²) in [6.45, 7) is 5.48. The highest BCUT2D eigenvalue weighted by Gasteiger charge is 2.46. The van der Waals surface area contributed by atoms with Gasteiger partial charge >= 0.3 is 12.1 Å². The van der Waals surface area contributed by atoms with Crippen LogP contribution in [-0.2, 0) is 19.0 Å². The first-order chi connectivity index (χ1) is 8.70. The Kier molecular flexibility index (Phi) is 4.75. The molecular weight excluding hydrogens is 254 g/mol. The van der Waals surface area contributed by atoms with Gasteiger partial charge in [0.15, 0.2) is 0 Å². The van der Waals surface area contributed by atoms with Gasteiger partial charge in [-0.1, -0.05) is 0 Å². The fourth-order valence-corrected chi connectivity index (χ4v) is 1.78. The minimum atomic E-state index is -1.52. The fraction of sp³-hybridized carbons (Fsp3) is 0.833. The average Bonchev–Trinajstić information content (AvgIpc) is 2.27. The van der Waals surface area contributed by atoms with Gasteiger partial charge in [0, 0.05) is 13.7 Å². The number of carbonyl (C=O) groups is 2. The maximum atomic E-state index is 11.9. The minimum absolute atomic E-state index is 0.0922. The number of rotatable bonds is 3. The Bertz CT molecular complexity index is 347. The molecule has 1 N–H and O–H groups in total. The molecule has 1 heterocycles. The molecule has 110 valence electrons. The molecule has 0 aromatic rings. The third kappa shape index (κ3) is 4.07. The van der Waals surface area contributed by atoms with E-state index in [0.29, 0.717) is 6.54 Å². The number of morpholine rings is 1. The maximum absolute atomic E-state index is 11.9. The van der Waals surface area contributed by atoms with Gasteiger partial charge < -0.3 is 24.2 Å². The largest absolute Gasteiger partial charge is 0.479 e. The zero-order chi connectivity index (χ0) is 14.7. The lowest BCUT2D eigenvalue weighted by Gasteiger charge is -2.39. The normalized spacial score (nSPS) is 24.1. The number of hydrogen-bond donors (Lipinski definition) is 1. The fourth-order valence-electron chi connectivity index (χ4n) is 1.78. The first kappa shape index (κ1) is 15.7. The number of aliphatic carboxylic acids is 1. The maximum Gasteiger partial charge on any atom is 0.410 e. The molecule has 0 spiro atoms. The van der Waals surface area contributed by atoms with Crippen LogP contribution in [0.5, 0.6) is 0 Å². The van der Waals surface area contributed by atoms with E-state index in [1.807, 2.05) is 0 Å². The summed E-state index contributed by atoms with van der Waals surface area (Å²) in [5.41, 5.74) is -2.15. The Hall–Kier alpha value is -1.34. The van der Waals surface area contributed by atoms with E-state index in [0.717, 1.165) is 0 Å². The van der Waals surface area contributed by atoms with Crippen LogP contribution in [0.15, 0.2) is 0 Å². The van der Waals surface area contributed by atoms with Gasteiger partial charge in [0.2, 0.25) is 5.60 Å². The summed E-state index contributed by atoms with van der Waals surface area (Å²) in [7, 11) is 1.39. The number of hydrogen-bond acceptors (Lipinski definition) is 5. The molecule has 0 aromatic carbocycles. The van der Waals surface area contributed by atoms with Gasteiger partial charge in [-0.05, 0) is 20.8 Å². The number of ether oxygens (including phenoxy) is 3. The van der Waals surface area contributed by atoms with Crippen LogP contribution in [0.2, 0.25) is 0 Å². The molecule has 7 heteroatoms. The number of nitrogens with zero attached hydrogens (tertiary/aromatic N) is 1. The van der Waals surface area contributed by atoms with Crippen LogP contribution < -0.4 is 0 Å². The van der Waals surface area contributed by atoms with Crippen molar-refractivity contribution in [3.63, 3.8) is 0 Å². The molecule has 1 rings (SSSR count). The number of methoxy groups -OCH3 is 1. The molecule has 1 fully saturated rings. The van der Waals surface area contributed by atoms with E-state index in [-0.39, 0.29) is 19.8 Å². The second kappa shape index (κ2) is 5.75. The summed E-state index contributed by atoms with van der Waals surface area (Å²) in [6, 6.07) is 0. The zero-order valence-electron chi connectivity index (χ0n) is 11.8. The SMILES string of the molecule is COCC1(C(=O)O)CN(C(=O)OC(C)(C)C)CCO1. The molecule has 1 aliphatic heterocycles. The Balaban J connectivity index is 2.77. The molecule has 1 aliphatic rings. The monoisotopic (exact) mass is 275 g/mol. The second-order valence-electron chi connectivity index (χ2n) is 5.48. The van der Waals surface area contributed by atoms with Gasteiger partial charge in [0.1, 0.15) is 5.60 Å². The lowest BCUT2D eigenvalue weighted by atomic mass is 10.0. The standard InChI is InChI=1S/C12H21NO6/c1-11(2,3)19-10(16)13-5-6-18-12(7-13,8-17-4)9(14)15/h5-8H2,1-4H3,(H,14,15). The van der Waals surface area contributed by atoms with Gasteiger partial charge in [-0.3, -0.25) is 0 Å². The lowest BCUT2D eigenvalue weighted by Crippen LogP contribution is -2.60. The van der Waals surface area contributed by atoms with Crippen LogP contribution >= 0.6 is 0 Å². The van der Waals surface area contributed by atoms with E-state index >= 15 is 0 Å².